The van der Waals surface area contributed by atoms with Crippen LogP contribution in [0, 0.1) is 27.9 Å². The number of carbonyl (C=O) groups excluding carboxylic acids is 1. The van der Waals surface area contributed by atoms with Gasteiger partial charge in [-0.3, -0.25) is 10.1 Å². The standard InChI is InChI=1S/C20H27F2NO6/c1-5-12-13(6-2)17(19(24)27-4)29-20(14(12)7-3)28-16-9-8-11(23(25)26)10-15(16)18(21)22/h8-10,12-14,17-18,20H,5-7H2,1-4H3. The van der Waals surface area contributed by atoms with Gasteiger partial charge in [0.1, 0.15) is 5.75 Å². The molecule has 5 atom stereocenters. The lowest BCUT2D eigenvalue weighted by Gasteiger charge is -2.45. The van der Waals surface area contributed by atoms with Crippen molar-refractivity contribution in [2.24, 2.45) is 17.8 Å². The van der Waals surface area contributed by atoms with Gasteiger partial charge in [0.25, 0.3) is 12.1 Å². The highest BCUT2D eigenvalue weighted by Crippen LogP contribution is 2.43. The van der Waals surface area contributed by atoms with Crippen LogP contribution >= 0.6 is 0 Å². The average molecular weight is 415 g/mol. The van der Waals surface area contributed by atoms with Gasteiger partial charge in [0.05, 0.1) is 17.6 Å². The number of nitro benzene ring substituents is 1. The van der Waals surface area contributed by atoms with E-state index in [1.54, 1.807) is 0 Å². The fourth-order valence-electron chi connectivity index (χ4n) is 4.22. The van der Waals surface area contributed by atoms with E-state index < -0.39 is 41.0 Å². The van der Waals surface area contributed by atoms with Crippen LogP contribution in [0.15, 0.2) is 18.2 Å². The molecule has 1 aliphatic rings. The SMILES string of the molecule is CCC1C(Oc2ccc([N+](=O)[O-])cc2C(F)F)OC(C(=O)OC)C(CC)C1CC. The lowest BCUT2D eigenvalue weighted by molar-refractivity contribution is -0.385. The summed E-state index contributed by atoms with van der Waals surface area (Å²) in [7, 11) is 1.27. The molecular weight excluding hydrogens is 388 g/mol. The average Bonchev–Trinajstić information content (AvgIpc) is 2.71. The highest BCUT2D eigenvalue weighted by molar-refractivity contribution is 5.75. The monoisotopic (exact) mass is 415 g/mol. The number of rotatable bonds is 8. The minimum Gasteiger partial charge on any atom is -0.467 e. The predicted octanol–water partition coefficient (Wildman–Crippen LogP) is 4.89. The van der Waals surface area contributed by atoms with Crippen LogP contribution in [0.3, 0.4) is 0 Å². The van der Waals surface area contributed by atoms with Crippen LogP contribution in [0.1, 0.15) is 52.0 Å². The van der Waals surface area contributed by atoms with E-state index in [9.17, 15) is 23.7 Å². The Bertz CT molecular complexity index is 729. The molecule has 2 rings (SSSR count). The molecule has 0 aliphatic carbocycles. The zero-order chi connectivity index (χ0) is 21.7. The van der Waals surface area contributed by atoms with Gasteiger partial charge in [-0.15, -0.1) is 0 Å². The minimum absolute atomic E-state index is 0.0703. The fourth-order valence-corrected chi connectivity index (χ4v) is 4.22. The molecule has 162 valence electrons. The first-order valence-corrected chi connectivity index (χ1v) is 9.75. The number of halogens is 2. The van der Waals surface area contributed by atoms with Crippen LogP contribution in [0.25, 0.3) is 0 Å². The summed E-state index contributed by atoms with van der Waals surface area (Å²) in [6, 6.07) is 3.05. The van der Waals surface area contributed by atoms with E-state index in [4.69, 9.17) is 14.2 Å². The Balaban J connectivity index is 2.41. The number of methoxy groups -OCH3 is 1. The zero-order valence-electron chi connectivity index (χ0n) is 17.0. The van der Waals surface area contributed by atoms with Crippen LogP contribution in [0.4, 0.5) is 14.5 Å². The molecule has 1 aromatic rings. The second-order valence-electron chi connectivity index (χ2n) is 7.06. The van der Waals surface area contributed by atoms with Crippen LogP contribution < -0.4 is 4.74 Å². The summed E-state index contributed by atoms with van der Waals surface area (Å²) >= 11 is 0. The normalized spacial score (nSPS) is 26.9. The summed E-state index contributed by atoms with van der Waals surface area (Å²) in [4.78, 5) is 22.5. The number of hydrogen-bond donors (Lipinski definition) is 0. The molecule has 29 heavy (non-hydrogen) atoms. The van der Waals surface area contributed by atoms with Crippen molar-refractivity contribution < 1.29 is 32.7 Å². The van der Waals surface area contributed by atoms with Crippen molar-refractivity contribution in [2.45, 2.75) is 58.9 Å². The summed E-state index contributed by atoms with van der Waals surface area (Å²) in [5.41, 5.74) is -1.04. The van der Waals surface area contributed by atoms with E-state index in [-0.39, 0.29) is 23.5 Å². The van der Waals surface area contributed by atoms with Gasteiger partial charge in [-0.05, 0) is 30.7 Å². The Morgan fingerprint density at radius 1 is 1.17 bits per heavy atom. The third kappa shape index (κ3) is 4.83. The van der Waals surface area contributed by atoms with E-state index in [0.29, 0.717) is 12.8 Å². The Kier molecular flexibility index (Phi) is 7.89. The first-order valence-electron chi connectivity index (χ1n) is 9.75. The van der Waals surface area contributed by atoms with E-state index in [1.807, 2.05) is 20.8 Å². The molecular formula is C20H27F2NO6. The van der Waals surface area contributed by atoms with Crippen molar-refractivity contribution in [3.05, 3.63) is 33.9 Å². The van der Waals surface area contributed by atoms with E-state index >= 15 is 0 Å². The van der Waals surface area contributed by atoms with Gasteiger partial charge in [-0.2, -0.15) is 0 Å². The summed E-state index contributed by atoms with van der Waals surface area (Å²) in [6.45, 7) is 5.91. The molecule has 5 unspecified atom stereocenters. The number of ether oxygens (including phenoxy) is 3. The molecule has 1 saturated heterocycles. The van der Waals surface area contributed by atoms with E-state index in [0.717, 1.165) is 24.6 Å². The van der Waals surface area contributed by atoms with Gasteiger partial charge in [-0.1, -0.05) is 27.2 Å². The Hall–Kier alpha value is -2.29. The first kappa shape index (κ1) is 23.0. The molecule has 1 aromatic carbocycles. The van der Waals surface area contributed by atoms with E-state index in [1.165, 1.54) is 7.11 Å². The molecule has 0 spiro atoms. The summed E-state index contributed by atoms with van der Waals surface area (Å²) in [6.07, 6.45) is -2.66. The summed E-state index contributed by atoms with van der Waals surface area (Å²) in [5, 5.41) is 10.9. The summed E-state index contributed by atoms with van der Waals surface area (Å²) in [5.74, 6) is -0.866. The Labute approximate surface area is 168 Å². The maximum atomic E-state index is 13.5. The maximum absolute atomic E-state index is 13.5. The van der Waals surface area contributed by atoms with Crippen molar-refractivity contribution in [1.29, 1.82) is 0 Å². The molecule has 1 heterocycles. The van der Waals surface area contributed by atoms with Gasteiger partial charge >= 0.3 is 5.97 Å². The van der Waals surface area contributed by atoms with Crippen molar-refractivity contribution in [3.63, 3.8) is 0 Å². The molecule has 7 nitrogen and oxygen atoms in total. The van der Waals surface area contributed by atoms with Crippen LogP contribution in [-0.2, 0) is 14.3 Å². The van der Waals surface area contributed by atoms with Gasteiger partial charge in [0, 0.05) is 18.1 Å². The van der Waals surface area contributed by atoms with Gasteiger partial charge < -0.3 is 14.2 Å². The minimum atomic E-state index is -2.96. The molecule has 1 aliphatic heterocycles. The third-order valence-electron chi connectivity index (χ3n) is 5.65. The second kappa shape index (κ2) is 9.96. The number of nitrogens with zero attached hydrogens (tertiary/aromatic N) is 1. The predicted molar refractivity (Wildman–Crippen MR) is 101 cm³/mol. The molecule has 0 aromatic heterocycles. The number of benzene rings is 1. The van der Waals surface area contributed by atoms with Crippen molar-refractivity contribution >= 4 is 11.7 Å². The molecule has 0 saturated carbocycles. The smallest absolute Gasteiger partial charge is 0.335 e. The first-order chi connectivity index (χ1) is 13.8. The zero-order valence-corrected chi connectivity index (χ0v) is 17.0. The Morgan fingerprint density at radius 3 is 2.28 bits per heavy atom. The number of non-ortho nitro benzene ring substituents is 1. The van der Waals surface area contributed by atoms with Gasteiger partial charge in [-0.25, -0.2) is 13.6 Å². The van der Waals surface area contributed by atoms with Crippen LogP contribution in [0.5, 0.6) is 5.75 Å². The molecule has 9 heteroatoms. The second-order valence-corrected chi connectivity index (χ2v) is 7.06. The number of hydrogen-bond acceptors (Lipinski definition) is 6. The number of nitro groups is 1. The van der Waals surface area contributed by atoms with Crippen LogP contribution in [-0.4, -0.2) is 30.4 Å². The topological polar surface area (TPSA) is 87.9 Å². The quantitative estimate of drug-likeness (QED) is 0.341. The fraction of sp³-hybridized carbons (Fsp3) is 0.650. The van der Waals surface area contributed by atoms with Gasteiger partial charge in [0.15, 0.2) is 6.10 Å². The highest BCUT2D eigenvalue weighted by atomic mass is 19.3. The molecule has 0 radical (unpaired) electrons. The molecule has 0 N–H and O–H groups in total. The lowest BCUT2D eigenvalue weighted by atomic mass is 9.72. The lowest BCUT2D eigenvalue weighted by Crippen LogP contribution is -2.52. The number of esters is 1. The Morgan fingerprint density at radius 2 is 1.79 bits per heavy atom. The molecule has 0 amide bonds. The third-order valence-corrected chi connectivity index (χ3v) is 5.65. The van der Waals surface area contributed by atoms with Crippen molar-refractivity contribution in [2.75, 3.05) is 7.11 Å². The number of alkyl halides is 2. The van der Waals surface area contributed by atoms with Gasteiger partial charge in [0.2, 0.25) is 6.29 Å². The molecule has 0 bridgehead atoms. The van der Waals surface area contributed by atoms with Crippen molar-refractivity contribution in [3.8, 4) is 5.75 Å². The largest absolute Gasteiger partial charge is 0.467 e. The van der Waals surface area contributed by atoms with E-state index in [2.05, 4.69) is 0 Å². The molecule has 1 fully saturated rings. The summed E-state index contributed by atoms with van der Waals surface area (Å²) < 4.78 is 43.6. The van der Waals surface area contributed by atoms with Crippen LogP contribution in [0.2, 0.25) is 0 Å². The maximum Gasteiger partial charge on any atom is 0.335 e. The van der Waals surface area contributed by atoms with Crippen molar-refractivity contribution in [1.82, 2.24) is 0 Å². The highest BCUT2D eigenvalue weighted by Gasteiger charge is 2.47. The number of carbonyl (C=O) groups is 1.